The van der Waals surface area contributed by atoms with Crippen LogP contribution in [0.25, 0.3) is 0 Å². The number of nitrogens with zero attached hydrogens (tertiary/aromatic N) is 2. The normalized spacial score (nSPS) is 24.4. The van der Waals surface area contributed by atoms with Crippen LogP contribution < -0.4 is 5.73 Å². The Morgan fingerprint density at radius 2 is 2.00 bits per heavy atom. The van der Waals surface area contributed by atoms with Crippen molar-refractivity contribution in [2.24, 2.45) is 5.73 Å². The second-order valence-electron chi connectivity index (χ2n) is 6.27. The van der Waals surface area contributed by atoms with Gasteiger partial charge in [-0.2, -0.15) is 0 Å². The number of fused-ring (bicyclic) bond motifs is 1. The van der Waals surface area contributed by atoms with E-state index in [1.807, 2.05) is 35.2 Å². The van der Waals surface area contributed by atoms with Gasteiger partial charge in [0.2, 0.25) is 5.91 Å². The van der Waals surface area contributed by atoms with Crippen molar-refractivity contribution < 1.29 is 4.79 Å². The topological polar surface area (TPSA) is 49.6 Å². The van der Waals surface area contributed by atoms with E-state index in [1.54, 1.807) is 0 Å². The van der Waals surface area contributed by atoms with Crippen LogP contribution in [-0.2, 0) is 11.2 Å². The summed E-state index contributed by atoms with van der Waals surface area (Å²) in [6, 6.07) is 10.2. The van der Waals surface area contributed by atoms with Gasteiger partial charge in [0.25, 0.3) is 0 Å². The maximum absolute atomic E-state index is 12.6. The van der Waals surface area contributed by atoms with Crippen LogP contribution in [0.3, 0.4) is 0 Å². The first-order valence-corrected chi connectivity index (χ1v) is 8.06. The van der Waals surface area contributed by atoms with E-state index in [1.165, 1.54) is 25.8 Å². The average Bonchev–Trinajstić information content (AvgIpc) is 2.54. The number of carbonyl (C=O) groups excluding carboxylic acids is 1. The summed E-state index contributed by atoms with van der Waals surface area (Å²) in [5.74, 6) is 0.115. The summed E-state index contributed by atoms with van der Waals surface area (Å²) in [6.07, 6.45) is 4.44. The summed E-state index contributed by atoms with van der Waals surface area (Å²) in [4.78, 5) is 17.1. The molecule has 4 nitrogen and oxygen atoms in total. The molecule has 0 radical (unpaired) electrons. The molecule has 0 aliphatic carbocycles. The van der Waals surface area contributed by atoms with Crippen molar-refractivity contribution >= 4 is 5.91 Å². The Bertz CT molecular complexity index is 476. The van der Waals surface area contributed by atoms with Crippen LogP contribution in [0.4, 0.5) is 0 Å². The van der Waals surface area contributed by atoms with Crippen molar-refractivity contribution in [3.8, 4) is 0 Å². The molecule has 3 rings (SSSR count). The molecule has 0 bridgehead atoms. The number of benzene rings is 1. The molecule has 2 unspecified atom stereocenters. The number of amides is 1. The van der Waals surface area contributed by atoms with Crippen LogP contribution in [0.15, 0.2) is 30.3 Å². The van der Waals surface area contributed by atoms with Crippen LogP contribution in [0.1, 0.15) is 24.8 Å². The number of piperazine rings is 1. The molecule has 2 N–H and O–H groups in total. The Morgan fingerprint density at radius 1 is 1.19 bits per heavy atom. The Labute approximate surface area is 126 Å². The molecule has 0 spiro atoms. The number of carbonyl (C=O) groups is 1. The highest BCUT2D eigenvalue weighted by Crippen LogP contribution is 2.21. The first kappa shape index (κ1) is 14.5. The highest BCUT2D eigenvalue weighted by atomic mass is 16.2. The third kappa shape index (κ3) is 3.44. The van der Waals surface area contributed by atoms with Gasteiger partial charge in [0.15, 0.2) is 0 Å². The van der Waals surface area contributed by atoms with Crippen molar-refractivity contribution in [1.29, 1.82) is 0 Å². The van der Waals surface area contributed by atoms with Gasteiger partial charge in [0.05, 0.1) is 6.04 Å². The van der Waals surface area contributed by atoms with Gasteiger partial charge in [-0.3, -0.25) is 9.69 Å². The Morgan fingerprint density at radius 3 is 2.81 bits per heavy atom. The zero-order chi connectivity index (χ0) is 14.7. The van der Waals surface area contributed by atoms with Crippen molar-refractivity contribution in [3.05, 3.63) is 35.9 Å². The van der Waals surface area contributed by atoms with Crippen LogP contribution in [0.2, 0.25) is 0 Å². The molecule has 2 heterocycles. The average molecular weight is 287 g/mol. The van der Waals surface area contributed by atoms with Crippen molar-refractivity contribution in [1.82, 2.24) is 9.80 Å². The van der Waals surface area contributed by atoms with E-state index in [2.05, 4.69) is 4.90 Å². The molecule has 4 heteroatoms. The summed E-state index contributed by atoms with van der Waals surface area (Å²) in [7, 11) is 0. The maximum Gasteiger partial charge on any atom is 0.239 e. The fraction of sp³-hybridized carbons (Fsp3) is 0.588. The lowest BCUT2D eigenvalue weighted by Gasteiger charge is -2.44. The monoisotopic (exact) mass is 287 g/mol. The van der Waals surface area contributed by atoms with E-state index in [0.29, 0.717) is 12.5 Å². The molecule has 2 fully saturated rings. The van der Waals surface area contributed by atoms with E-state index in [9.17, 15) is 4.79 Å². The fourth-order valence-corrected chi connectivity index (χ4v) is 3.55. The third-order valence-corrected chi connectivity index (χ3v) is 4.76. The summed E-state index contributed by atoms with van der Waals surface area (Å²) >= 11 is 0. The molecular weight excluding hydrogens is 262 g/mol. The van der Waals surface area contributed by atoms with E-state index in [4.69, 9.17) is 5.73 Å². The van der Waals surface area contributed by atoms with Crippen molar-refractivity contribution in [3.63, 3.8) is 0 Å². The van der Waals surface area contributed by atoms with Crippen LogP contribution >= 0.6 is 0 Å². The first-order valence-electron chi connectivity index (χ1n) is 8.06. The van der Waals surface area contributed by atoms with Gasteiger partial charge in [-0.1, -0.05) is 36.8 Å². The summed E-state index contributed by atoms with van der Waals surface area (Å²) in [6.45, 7) is 3.90. The minimum atomic E-state index is -0.414. The lowest BCUT2D eigenvalue weighted by atomic mass is 9.98. The zero-order valence-corrected chi connectivity index (χ0v) is 12.6. The van der Waals surface area contributed by atoms with Gasteiger partial charge in [0, 0.05) is 25.7 Å². The van der Waals surface area contributed by atoms with E-state index in [0.717, 1.165) is 25.2 Å². The quantitative estimate of drug-likeness (QED) is 0.910. The van der Waals surface area contributed by atoms with Crippen LogP contribution in [0.5, 0.6) is 0 Å². The van der Waals surface area contributed by atoms with Crippen LogP contribution in [0, 0.1) is 0 Å². The summed E-state index contributed by atoms with van der Waals surface area (Å²) < 4.78 is 0. The fourth-order valence-electron chi connectivity index (χ4n) is 3.55. The molecule has 0 saturated carbocycles. The Kier molecular flexibility index (Phi) is 4.56. The van der Waals surface area contributed by atoms with E-state index < -0.39 is 6.04 Å². The molecule has 1 amide bonds. The number of nitrogens with two attached hydrogens (primary N) is 1. The maximum atomic E-state index is 12.6. The Balaban J connectivity index is 1.57. The largest absolute Gasteiger partial charge is 0.338 e. The van der Waals surface area contributed by atoms with Gasteiger partial charge in [-0.05, 0) is 31.4 Å². The molecule has 2 aliphatic rings. The van der Waals surface area contributed by atoms with E-state index >= 15 is 0 Å². The molecule has 0 aromatic heterocycles. The molecule has 1 aromatic rings. The van der Waals surface area contributed by atoms with Gasteiger partial charge in [-0.25, -0.2) is 0 Å². The predicted octanol–water partition coefficient (Wildman–Crippen LogP) is 1.25. The van der Waals surface area contributed by atoms with E-state index in [-0.39, 0.29) is 5.91 Å². The standard InChI is InChI=1S/C17H25N3O/c18-16(12-14-6-2-1-3-7-14)17(21)20-11-10-19-9-5-4-8-15(19)13-20/h1-3,6-7,15-16H,4-5,8-13,18H2. The molecule has 114 valence electrons. The second kappa shape index (κ2) is 6.58. The van der Waals surface area contributed by atoms with Gasteiger partial charge < -0.3 is 10.6 Å². The molecule has 2 saturated heterocycles. The van der Waals surface area contributed by atoms with Gasteiger partial charge >= 0.3 is 0 Å². The highest BCUT2D eigenvalue weighted by molar-refractivity contribution is 5.82. The molecule has 1 aromatic carbocycles. The third-order valence-electron chi connectivity index (χ3n) is 4.76. The summed E-state index contributed by atoms with van der Waals surface area (Å²) in [5, 5.41) is 0. The molecular formula is C17H25N3O. The van der Waals surface area contributed by atoms with Gasteiger partial charge in [0.1, 0.15) is 0 Å². The molecule has 21 heavy (non-hydrogen) atoms. The SMILES string of the molecule is NC(Cc1ccccc1)C(=O)N1CCN2CCCCC2C1. The lowest BCUT2D eigenvalue weighted by molar-refractivity contribution is -0.136. The minimum Gasteiger partial charge on any atom is -0.338 e. The number of hydrogen-bond acceptors (Lipinski definition) is 3. The lowest BCUT2D eigenvalue weighted by Crippen LogP contribution is -2.58. The van der Waals surface area contributed by atoms with Crippen molar-refractivity contribution in [2.45, 2.75) is 37.8 Å². The van der Waals surface area contributed by atoms with Crippen LogP contribution in [-0.4, -0.2) is 54.0 Å². The number of rotatable bonds is 3. The second-order valence-corrected chi connectivity index (χ2v) is 6.27. The molecule has 2 aliphatic heterocycles. The first-order chi connectivity index (χ1) is 10.2. The predicted molar refractivity (Wildman–Crippen MR) is 83.9 cm³/mol. The molecule has 2 atom stereocenters. The number of hydrogen-bond donors (Lipinski definition) is 1. The summed E-state index contributed by atoms with van der Waals surface area (Å²) in [5.41, 5.74) is 7.28. The zero-order valence-electron chi connectivity index (χ0n) is 12.6. The minimum absolute atomic E-state index is 0.115. The van der Waals surface area contributed by atoms with Gasteiger partial charge in [-0.15, -0.1) is 0 Å². The number of piperidine rings is 1. The Hall–Kier alpha value is -1.39. The smallest absolute Gasteiger partial charge is 0.239 e. The van der Waals surface area contributed by atoms with Crippen molar-refractivity contribution in [2.75, 3.05) is 26.2 Å². The highest BCUT2D eigenvalue weighted by Gasteiger charge is 2.32.